The van der Waals surface area contributed by atoms with Crippen molar-refractivity contribution in [3.05, 3.63) is 82.0 Å². The van der Waals surface area contributed by atoms with Gasteiger partial charge in [0.2, 0.25) is 0 Å². The molecule has 3 rings (SSSR count). The van der Waals surface area contributed by atoms with E-state index in [1.807, 2.05) is 0 Å². The van der Waals surface area contributed by atoms with E-state index in [-0.39, 0.29) is 22.3 Å². The molecule has 0 aliphatic heterocycles. The summed E-state index contributed by atoms with van der Waals surface area (Å²) in [5.41, 5.74) is -0.544. The summed E-state index contributed by atoms with van der Waals surface area (Å²) in [4.78, 5) is 27.8. The molecule has 1 heterocycles. The fourth-order valence-corrected chi connectivity index (χ4v) is 3.95. The molecular weight excluding hydrogens is 342 g/mol. The molecule has 0 aliphatic carbocycles. The van der Waals surface area contributed by atoms with Gasteiger partial charge in [0.25, 0.3) is 15.6 Å². The number of hydrogen-bond acceptors (Lipinski definition) is 4. The van der Waals surface area contributed by atoms with E-state index in [1.165, 1.54) is 28.6 Å². The minimum absolute atomic E-state index is 0.0525. The number of para-hydroxylation sites is 1. The Morgan fingerprint density at radius 3 is 2.44 bits per heavy atom. The minimum Gasteiger partial charge on any atom is -0.307 e. The highest BCUT2D eigenvalue weighted by atomic mass is 32.2. The molecule has 128 valence electrons. The van der Waals surface area contributed by atoms with Crippen molar-refractivity contribution in [2.45, 2.75) is 4.90 Å². The third kappa shape index (κ3) is 3.11. The van der Waals surface area contributed by atoms with E-state index in [0.29, 0.717) is 5.69 Å². The number of aromatic nitrogens is 2. The molecule has 0 fully saturated rings. The van der Waals surface area contributed by atoms with Crippen LogP contribution < -0.4 is 15.6 Å². The van der Waals surface area contributed by atoms with E-state index in [9.17, 15) is 18.0 Å². The number of sulfonamides is 1. The van der Waals surface area contributed by atoms with Crippen LogP contribution in [0.25, 0.3) is 10.9 Å². The van der Waals surface area contributed by atoms with Gasteiger partial charge < -0.3 is 4.98 Å². The first kappa shape index (κ1) is 16.7. The molecule has 2 aromatic carbocycles. The molecule has 0 saturated heterocycles. The summed E-state index contributed by atoms with van der Waals surface area (Å²) in [6, 6.07) is 12.6. The van der Waals surface area contributed by atoms with Crippen LogP contribution in [0.15, 0.2) is 75.7 Å². The number of H-pyrrole nitrogens is 2. The minimum atomic E-state index is -3.92. The Labute approximate surface area is 143 Å². The standard InChI is InChI=1S/C17H15N3O4S/c1-2-10-20(12-6-4-3-5-7-12)25(23,24)13-8-9-15-14(11-13)16(21)19-17(22)18-15/h2-9,11H,1,10H2,(H2,18,19,21,22). The Morgan fingerprint density at radius 2 is 1.76 bits per heavy atom. The molecule has 0 atom stereocenters. The normalized spacial score (nSPS) is 11.4. The van der Waals surface area contributed by atoms with Crippen molar-refractivity contribution in [3.8, 4) is 0 Å². The Morgan fingerprint density at radius 1 is 1.04 bits per heavy atom. The number of benzene rings is 2. The molecule has 0 aliphatic rings. The first-order chi connectivity index (χ1) is 11.9. The van der Waals surface area contributed by atoms with Crippen LogP contribution in [0.2, 0.25) is 0 Å². The van der Waals surface area contributed by atoms with Crippen molar-refractivity contribution < 1.29 is 8.42 Å². The molecule has 0 spiro atoms. The Bertz CT molecular complexity index is 1150. The van der Waals surface area contributed by atoms with Crippen molar-refractivity contribution >= 4 is 26.6 Å². The average molecular weight is 357 g/mol. The molecule has 1 aromatic heterocycles. The zero-order valence-electron chi connectivity index (χ0n) is 13.1. The van der Waals surface area contributed by atoms with E-state index >= 15 is 0 Å². The fourth-order valence-electron chi connectivity index (χ4n) is 2.49. The van der Waals surface area contributed by atoms with Crippen LogP contribution in [0.5, 0.6) is 0 Å². The maximum atomic E-state index is 13.0. The van der Waals surface area contributed by atoms with Gasteiger partial charge in [0, 0.05) is 0 Å². The van der Waals surface area contributed by atoms with Crippen molar-refractivity contribution in [3.63, 3.8) is 0 Å². The summed E-state index contributed by atoms with van der Waals surface area (Å²) < 4.78 is 27.3. The molecule has 8 heteroatoms. The van der Waals surface area contributed by atoms with Crippen LogP contribution in [0, 0.1) is 0 Å². The summed E-state index contributed by atoms with van der Waals surface area (Å²) in [6.45, 7) is 3.68. The van der Waals surface area contributed by atoms with Crippen LogP contribution in [-0.4, -0.2) is 24.9 Å². The average Bonchev–Trinajstić information content (AvgIpc) is 2.59. The summed E-state index contributed by atoms with van der Waals surface area (Å²) >= 11 is 0. The lowest BCUT2D eigenvalue weighted by Crippen LogP contribution is -2.31. The van der Waals surface area contributed by atoms with E-state index in [2.05, 4.69) is 16.5 Å². The van der Waals surface area contributed by atoms with Gasteiger partial charge in [0.1, 0.15) is 0 Å². The molecule has 7 nitrogen and oxygen atoms in total. The van der Waals surface area contributed by atoms with Gasteiger partial charge in [-0.25, -0.2) is 13.2 Å². The molecule has 2 N–H and O–H groups in total. The van der Waals surface area contributed by atoms with Crippen molar-refractivity contribution in [1.29, 1.82) is 0 Å². The van der Waals surface area contributed by atoms with Crippen molar-refractivity contribution in [2.75, 3.05) is 10.8 Å². The summed E-state index contributed by atoms with van der Waals surface area (Å²) in [7, 11) is -3.92. The van der Waals surface area contributed by atoms with E-state index in [4.69, 9.17) is 0 Å². The summed E-state index contributed by atoms with van der Waals surface area (Å²) in [5, 5.41) is 0.0901. The molecule has 0 saturated carbocycles. The second kappa shape index (κ2) is 6.40. The highest BCUT2D eigenvalue weighted by Crippen LogP contribution is 2.24. The van der Waals surface area contributed by atoms with E-state index in [0.717, 1.165) is 0 Å². The molecule has 0 amide bonds. The first-order valence-corrected chi connectivity index (χ1v) is 8.82. The number of fused-ring (bicyclic) bond motifs is 1. The number of anilines is 1. The van der Waals surface area contributed by atoms with Crippen LogP contribution in [-0.2, 0) is 10.0 Å². The lowest BCUT2D eigenvalue weighted by atomic mass is 10.2. The predicted octanol–water partition coefficient (Wildman–Crippen LogP) is 1.60. The number of nitrogens with zero attached hydrogens (tertiary/aromatic N) is 1. The fraction of sp³-hybridized carbons (Fsp3) is 0.0588. The predicted molar refractivity (Wildman–Crippen MR) is 96.4 cm³/mol. The maximum absolute atomic E-state index is 13.0. The van der Waals surface area contributed by atoms with Crippen molar-refractivity contribution in [1.82, 2.24) is 9.97 Å². The highest BCUT2D eigenvalue weighted by molar-refractivity contribution is 7.92. The second-order valence-electron chi connectivity index (χ2n) is 5.28. The van der Waals surface area contributed by atoms with Crippen LogP contribution in [0.1, 0.15) is 0 Å². The lowest BCUT2D eigenvalue weighted by molar-refractivity contribution is 0.593. The molecular formula is C17H15N3O4S. The van der Waals surface area contributed by atoms with Gasteiger partial charge in [-0.15, -0.1) is 6.58 Å². The SMILES string of the molecule is C=CCN(c1ccccc1)S(=O)(=O)c1ccc2[nH]c(=O)[nH]c(=O)c2c1. The molecule has 0 radical (unpaired) electrons. The highest BCUT2D eigenvalue weighted by Gasteiger charge is 2.24. The number of rotatable bonds is 5. The Hall–Kier alpha value is -3.13. The Balaban J connectivity index is 2.18. The van der Waals surface area contributed by atoms with Crippen molar-refractivity contribution in [2.24, 2.45) is 0 Å². The first-order valence-electron chi connectivity index (χ1n) is 7.38. The van der Waals surface area contributed by atoms with E-state index < -0.39 is 21.3 Å². The molecule has 0 unspecified atom stereocenters. The van der Waals surface area contributed by atoms with Gasteiger partial charge in [-0.05, 0) is 30.3 Å². The molecule has 0 bridgehead atoms. The summed E-state index contributed by atoms with van der Waals surface area (Å²) in [6.07, 6.45) is 1.48. The third-order valence-electron chi connectivity index (χ3n) is 3.64. The third-order valence-corrected chi connectivity index (χ3v) is 5.43. The lowest BCUT2D eigenvalue weighted by Gasteiger charge is -2.23. The topological polar surface area (TPSA) is 103 Å². The van der Waals surface area contributed by atoms with Crippen LogP contribution in [0.3, 0.4) is 0 Å². The monoisotopic (exact) mass is 357 g/mol. The number of hydrogen-bond donors (Lipinski definition) is 2. The molecule has 3 aromatic rings. The van der Waals surface area contributed by atoms with Gasteiger partial charge in [-0.2, -0.15) is 0 Å². The smallest absolute Gasteiger partial charge is 0.307 e. The Kier molecular flexibility index (Phi) is 4.28. The number of aromatic amines is 2. The number of nitrogens with one attached hydrogen (secondary N) is 2. The summed E-state index contributed by atoms with van der Waals surface area (Å²) in [5.74, 6) is 0. The van der Waals surface area contributed by atoms with Gasteiger partial charge in [-0.3, -0.25) is 14.1 Å². The second-order valence-corrected chi connectivity index (χ2v) is 7.14. The van der Waals surface area contributed by atoms with Gasteiger partial charge >= 0.3 is 5.69 Å². The largest absolute Gasteiger partial charge is 0.326 e. The van der Waals surface area contributed by atoms with Crippen LogP contribution >= 0.6 is 0 Å². The maximum Gasteiger partial charge on any atom is 0.326 e. The van der Waals surface area contributed by atoms with E-state index in [1.54, 1.807) is 30.3 Å². The van der Waals surface area contributed by atoms with Crippen LogP contribution in [0.4, 0.5) is 5.69 Å². The zero-order chi connectivity index (χ0) is 18.0. The quantitative estimate of drug-likeness (QED) is 0.677. The van der Waals surface area contributed by atoms with Gasteiger partial charge in [-0.1, -0.05) is 24.3 Å². The molecule has 25 heavy (non-hydrogen) atoms. The van der Waals surface area contributed by atoms with Gasteiger partial charge in [0.05, 0.1) is 28.0 Å². The zero-order valence-corrected chi connectivity index (χ0v) is 13.9. The van der Waals surface area contributed by atoms with Gasteiger partial charge in [0.15, 0.2) is 0 Å².